The molecule has 0 aromatic heterocycles. The molecule has 3 rings (SSSR count). The summed E-state index contributed by atoms with van der Waals surface area (Å²) >= 11 is 0. The van der Waals surface area contributed by atoms with Gasteiger partial charge in [-0.2, -0.15) is 0 Å². The second kappa shape index (κ2) is 8.57. The van der Waals surface area contributed by atoms with E-state index >= 15 is 0 Å². The fourth-order valence-electron chi connectivity index (χ4n) is 3.56. The van der Waals surface area contributed by atoms with Gasteiger partial charge in [-0.1, -0.05) is 48.0 Å². The number of hydrogen-bond acceptors (Lipinski definition) is 4. The Bertz CT molecular complexity index is 951. The molecular formula is C23H25FN2O3. The minimum atomic E-state index is -0.959. The topological polar surface area (TPSA) is 60.9 Å². The number of halogens is 1. The van der Waals surface area contributed by atoms with E-state index in [2.05, 4.69) is 0 Å². The average Bonchev–Trinajstić information content (AvgIpc) is 2.93. The van der Waals surface area contributed by atoms with Gasteiger partial charge in [0, 0.05) is 17.7 Å². The van der Waals surface area contributed by atoms with Crippen LogP contribution in [0.25, 0.3) is 5.76 Å². The van der Waals surface area contributed by atoms with Gasteiger partial charge in [0.2, 0.25) is 0 Å². The number of nitrogens with zero attached hydrogens (tertiary/aromatic N) is 2. The number of aliphatic hydroxyl groups excluding tert-OH is 1. The number of hydrogen-bond donors (Lipinski definition) is 1. The van der Waals surface area contributed by atoms with Crippen LogP contribution in [0.2, 0.25) is 0 Å². The third kappa shape index (κ3) is 4.22. The van der Waals surface area contributed by atoms with Gasteiger partial charge in [-0.3, -0.25) is 9.59 Å². The molecule has 0 saturated carbocycles. The van der Waals surface area contributed by atoms with Crippen molar-refractivity contribution in [2.75, 3.05) is 27.2 Å². The van der Waals surface area contributed by atoms with Crippen molar-refractivity contribution in [2.45, 2.75) is 19.4 Å². The Balaban J connectivity index is 2.11. The highest BCUT2D eigenvalue weighted by molar-refractivity contribution is 6.46. The Morgan fingerprint density at radius 2 is 1.76 bits per heavy atom. The third-order valence-corrected chi connectivity index (χ3v) is 5.07. The standard InChI is InChI=1S/C23H25FN2O3/c1-15-9-11-16(12-10-15)21(27)19-20(17-7-4-5-8-18(17)24)26(23(29)22(19)28)14-6-13-25(2)3/h4-5,7-12,20,27H,6,13-14H2,1-3H3/b21-19+. The van der Waals surface area contributed by atoms with Crippen LogP contribution in [-0.2, 0) is 9.59 Å². The number of likely N-dealkylation sites (tertiary alicyclic amines) is 1. The Morgan fingerprint density at radius 1 is 1.10 bits per heavy atom. The molecule has 152 valence electrons. The molecule has 0 spiro atoms. The van der Waals surface area contributed by atoms with E-state index in [9.17, 15) is 19.1 Å². The molecule has 1 unspecified atom stereocenters. The van der Waals surface area contributed by atoms with Gasteiger partial charge >= 0.3 is 0 Å². The quantitative estimate of drug-likeness (QED) is 0.461. The smallest absolute Gasteiger partial charge is 0.295 e. The maximum atomic E-state index is 14.6. The molecule has 29 heavy (non-hydrogen) atoms. The van der Waals surface area contributed by atoms with Gasteiger partial charge in [-0.25, -0.2) is 4.39 Å². The molecule has 0 radical (unpaired) electrons. The maximum absolute atomic E-state index is 14.6. The number of rotatable bonds is 6. The summed E-state index contributed by atoms with van der Waals surface area (Å²) in [5.74, 6) is -2.31. The monoisotopic (exact) mass is 396 g/mol. The molecule has 5 nitrogen and oxygen atoms in total. The lowest BCUT2D eigenvalue weighted by Gasteiger charge is -2.26. The molecule has 2 aromatic carbocycles. The summed E-state index contributed by atoms with van der Waals surface area (Å²) in [4.78, 5) is 29.0. The van der Waals surface area contributed by atoms with Crippen molar-refractivity contribution in [3.63, 3.8) is 0 Å². The van der Waals surface area contributed by atoms with E-state index in [1.54, 1.807) is 42.5 Å². The van der Waals surface area contributed by atoms with Crippen molar-refractivity contribution in [3.05, 3.63) is 76.6 Å². The number of amides is 1. The number of carbonyl (C=O) groups excluding carboxylic acids is 2. The molecule has 1 amide bonds. The lowest BCUT2D eigenvalue weighted by Crippen LogP contribution is -2.32. The van der Waals surface area contributed by atoms with Crippen LogP contribution in [0, 0.1) is 12.7 Å². The van der Waals surface area contributed by atoms with Gasteiger partial charge in [-0.15, -0.1) is 0 Å². The maximum Gasteiger partial charge on any atom is 0.295 e. The van der Waals surface area contributed by atoms with E-state index in [4.69, 9.17) is 0 Å². The molecule has 2 aromatic rings. The van der Waals surface area contributed by atoms with Crippen molar-refractivity contribution in [2.24, 2.45) is 0 Å². The van der Waals surface area contributed by atoms with Gasteiger partial charge in [-0.05, 0) is 40.1 Å². The van der Waals surface area contributed by atoms with Crippen LogP contribution in [0.1, 0.15) is 29.2 Å². The highest BCUT2D eigenvalue weighted by Crippen LogP contribution is 2.40. The summed E-state index contributed by atoms with van der Waals surface area (Å²) in [6, 6.07) is 12.1. The second-order valence-electron chi connectivity index (χ2n) is 7.54. The summed E-state index contributed by atoms with van der Waals surface area (Å²) in [6.07, 6.45) is 0.621. The molecule has 1 atom stereocenters. The Morgan fingerprint density at radius 3 is 2.38 bits per heavy atom. The third-order valence-electron chi connectivity index (χ3n) is 5.07. The molecule has 1 aliphatic heterocycles. The van der Waals surface area contributed by atoms with Crippen molar-refractivity contribution in [1.29, 1.82) is 0 Å². The van der Waals surface area contributed by atoms with Crippen molar-refractivity contribution >= 4 is 17.4 Å². The van der Waals surface area contributed by atoms with Crippen molar-refractivity contribution in [3.8, 4) is 0 Å². The van der Waals surface area contributed by atoms with E-state index in [0.717, 1.165) is 5.56 Å². The number of aliphatic hydroxyl groups is 1. The number of aryl methyl sites for hydroxylation is 1. The highest BCUT2D eigenvalue weighted by atomic mass is 19.1. The van der Waals surface area contributed by atoms with Crippen LogP contribution >= 0.6 is 0 Å². The predicted octanol–water partition coefficient (Wildman–Crippen LogP) is 3.51. The van der Waals surface area contributed by atoms with Gasteiger partial charge in [0.1, 0.15) is 11.6 Å². The molecule has 6 heteroatoms. The summed E-state index contributed by atoms with van der Waals surface area (Å²) in [6.45, 7) is 2.91. The first-order valence-electron chi connectivity index (χ1n) is 9.56. The zero-order valence-corrected chi connectivity index (χ0v) is 16.9. The molecule has 1 aliphatic rings. The summed E-state index contributed by atoms with van der Waals surface area (Å²) in [5, 5.41) is 10.9. The molecule has 0 bridgehead atoms. The summed E-state index contributed by atoms with van der Waals surface area (Å²) in [7, 11) is 3.83. The van der Waals surface area contributed by atoms with Crippen LogP contribution in [0.5, 0.6) is 0 Å². The minimum absolute atomic E-state index is 0.0752. The molecule has 1 fully saturated rings. The number of benzene rings is 2. The van der Waals surface area contributed by atoms with E-state index in [-0.39, 0.29) is 23.4 Å². The minimum Gasteiger partial charge on any atom is -0.507 e. The number of carbonyl (C=O) groups is 2. The van der Waals surface area contributed by atoms with Crippen LogP contribution in [0.4, 0.5) is 4.39 Å². The van der Waals surface area contributed by atoms with Gasteiger partial charge in [0.05, 0.1) is 11.6 Å². The molecule has 1 saturated heterocycles. The second-order valence-corrected chi connectivity index (χ2v) is 7.54. The fraction of sp³-hybridized carbons (Fsp3) is 0.304. The van der Waals surface area contributed by atoms with Crippen LogP contribution in [0.3, 0.4) is 0 Å². The van der Waals surface area contributed by atoms with Gasteiger partial charge < -0.3 is 14.9 Å². The number of Topliss-reactive ketones (excluding diaryl/α,β-unsaturated/α-hetero) is 1. The van der Waals surface area contributed by atoms with E-state index in [1.807, 2.05) is 25.9 Å². The summed E-state index contributed by atoms with van der Waals surface area (Å²) < 4.78 is 14.6. The first-order chi connectivity index (χ1) is 13.8. The van der Waals surface area contributed by atoms with Crippen LogP contribution in [-0.4, -0.2) is 53.8 Å². The normalized spacial score (nSPS) is 18.7. The lowest BCUT2D eigenvalue weighted by atomic mass is 9.94. The van der Waals surface area contributed by atoms with E-state index in [1.165, 1.54) is 11.0 Å². The zero-order chi connectivity index (χ0) is 21.1. The molecular weight excluding hydrogens is 371 g/mol. The highest BCUT2D eigenvalue weighted by Gasteiger charge is 2.46. The number of ketones is 1. The first kappa shape index (κ1) is 20.7. The SMILES string of the molecule is Cc1ccc(/C(O)=C2\C(=O)C(=O)N(CCCN(C)C)C2c2ccccc2F)cc1. The summed E-state index contributed by atoms with van der Waals surface area (Å²) in [5.41, 5.74) is 1.54. The first-order valence-corrected chi connectivity index (χ1v) is 9.56. The Kier molecular flexibility index (Phi) is 6.13. The largest absolute Gasteiger partial charge is 0.507 e. The van der Waals surface area contributed by atoms with Gasteiger partial charge in [0.25, 0.3) is 11.7 Å². The van der Waals surface area contributed by atoms with Crippen LogP contribution in [0.15, 0.2) is 54.1 Å². The predicted molar refractivity (Wildman–Crippen MR) is 110 cm³/mol. The fourth-order valence-corrected chi connectivity index (χ4v) is 3.56. The molecule has 1 N–H and O–H groups in total. The van der Waals surface area contributed by atoms with Crippen molar-refractivity contribution < 1.29 is 19.1 Å². The van der Waals surface area contributed by atoms with Crippen LogP contribution < -0.4 is 0 Å². The van der Waals surface area contributed by atoms with Gasteiger partial charge in [0.15, 0.2) is 0 Å². The lowest BCUT2D eigenvalue weighted by molar-refractivity contribution is -0.140. The van der Waals surface area contributed by atoms with E-state index < -0.39 is 23.5 Å². The van der Waals surface area contributed by atoms with E-state index in [0.29, 0.717) is 18.5 Å². The molecule has 1 heterocycles. The molecule has 0 aliphatic carbocycles. The Hall–Kier alpha value is -2.99. The van der Waals surface area contributed by atoms with Crippen molar-refractivity contribution in [1.82, 2.24) is 9.80 Å². The average molecular weight is 396 g/mol. The Labute approximate surface area is 170 Å². The zero-order valence-electron chi connectivity index (χ0n) is 16.9.